The molecule has 4 saturated carbocycles. The minimum absolute atomic E-state index is 0.693. The van der Waals surface area contributed by atoms with Crippen LogP contribution in [0.4, 0.5) is 0 Å². The number of hydrogen-bond acceptors (Lipinski definition) is 1. The molecule has 1 N–H and O–H groups in total. The van der Waals surface area contributed by atoms with Gasteiger partial charge in [-0.15, -0.1) is 0 Å². The minimum Gasteiger partial charge on any atom is -0.314 e. The highest BCUT2D eigenvalue weighted by molar-refractivity contribution is 5.11. The summed E-state index contributed by atoms with van der Waals surface area (Å²) in [5, 5.41) is 3.88. The molecule has 1 heterocycles. The fourth-order valence-corrected chi connectivity index (χ4v) is 7.71. The molecule has 1 heteroatoms. The van der Waals surface area contributed by atoms with Crippen molar-refractivity contribution in [2.24, 2.45) is 22.2 Å². The molecule has 0 aromatic carbocycles. The van der Waals surface area contributed by atoms with Crippen LogP contribution in [-0.2, 0) is 0 Å². The van der Waals surface area contributed by atoms with Gasteiger partial charge in [0.2, 0.25) is 0 Å². The van der Waals surface area contributed by atoms with E-state index in [9.17, 15) is 0 Å². The normalized spacial score (nSPS) is 54.9. The van der Waals surface area contributed by atoms with E-state index in [4.69, 9.17) is 0 Å². The zero-order chi connectivity index (χ0) is 13.8. The predicted molar refractivity (Wildman–Crippen MR) is 84.7 cm³/mol. The summed E-state index contributed by atoms with van der Waals surface area (Å²) in [5.41, 5.74) is 2.10. The van der Waals surface area contributed by atoms with E-state index >= 15 is 0 Å². The lowest BCUT2D eigenvalue weighted by molar-refractivity contribution is -0.150. The Morgan fingerprint density at radius 1 is 0.900 bits per heavy atom. The van der Waals surface area contributed by atoms with Gasteiger partial charge in [-0.05, 0) is 86.5 Å². The van der Waals surface area contributed by atoms with Crippen molar-refractivity contribution >= 4 is 0 Å². The van der Waals surface area contributed by atoms with Crippen LogP contribution in [0.3, 0.4) is 0 Å². The van der Waals surface area contributed by atoms with Crippen LogP contribution >= 0.6 is 0 Å². The van der Waals surface area contributed by atoms with E-state index in [1.54, 1.807) is 32.1 Å². The van der Waals surface area contributed by atoms with E-state index in [-0.39, 0.29) is 0 Å². The Balaban J connectivity index is 1.54. The van der Waals surface area contributed by atoms with E-state index in [2.05, 4.69) is 19.2 Å². The van der Waals surface area contributed by atoms with Gasteiger partial charge in [0.1, 0.15) is 0 Å². The summed E-state index contributed by atoms with van der Waals surface area (Å²) in [7, 11) is 0. The van der Waals surface area contributed by atoms with Gasteiger partial charge in [0.05, 0.1) is 0 Å². The van der Waals surface area contributed by atoms with Crippen LogP contribution in [0.1, 0.15) is 84.5 Å². The molecule has 5 fully saturated rings. The summed E-state index contributed by atoms with van der Waals surface area (Å²) in [6.45, 7) is 6.51. The monoisotopic (exact) mass is 275 g/mol. The average Bonchev–Trinajstić information content (AvgIpc) is 2.51. The molecular weight excluding hydrogens is 242 g/mol. The lowest BCUT2D eigenvalue weighted by Crippen LogP contribution is -2.56. The van der Waals surface area contributed by atoms with Gasteiger partial charge in [0, 0.05) is 6.04 Å². The predicted octanol–water partition coefficient (Wildman–Crippen LogP) is 4.91. The Hall–Kier alpha value is -0.0400. The lowest BCUT2D eigenvalue weighted by Gasteiger charge is -2.66. The highest BCUT2D eigenvalue weighted by atomic mass is 14.9. The van der Waals surface area contributed by atoms with E-state index in [1.165, 1.54) is 45.1 Å². The zero-order valence-corrected chi connectivity index (χ0v) is 13.6. The second-order valence-electron chi connectivity index (χ2n) is 9.83. The first-order chi connectivity index (χ1) is 9.49. The third-order valence-corrected chi connectivity index (χ3v) is 7.08. The standard InChI is InChI=1S/C19H33N/c1-17-8-15-9-18(2,12-17)14-19(10-15,13-17)11-16-6-4-3-5-7-20-16/h15-16,20H,3-14H2,1-2H3. The number of nitrogens with one attached hydrogen (secondary N) is 1. The van der Waals surface area contributed by atoms with Crippen LogP contribution in [0.5, 0.6) is 0 Å². The second-order valence-corrected chi connectivity index (χ2v) is 9.83. The molecule has 1 aliphatic heterocycles. The van der Waals surface area contributed by atoms with Crippen LogP contribution < -0.4 is 5.32 Å². The third-order valence-electron chi connectivity index (χ3n) is 7.08. The molecule has 4 aliphatic carbocycles. The molecule has 5 rings (SSSR count). The average molecular weight is 275 g/mol. The lowest BCUT2D eigenvalue weighted by atomic mass is 9.39. The van der Waals surface area contributed by atoms with Gasteiger partial charge < -0.3 is 5.32 Å². The minimum atomic E-state index is 0.693. The maximum atomic E-state index is 3.88. The molecule has 4 bridgehead atoms. The van der Waals surface area contributed by atoms with Crippen molar-refractivity contribution in [3.8, 4) is 0 Å². The SMILES string of the molecule is CC12CC3CC(C)(C1)CC(CC1CCCCCN1)(C3)C2. The molecule has 0 aromatic heterocycles. The Morgan fingerprint density at radius 2 is 1.65 bits per heavy atom. The summed E-state index contributed by atoms with van der Waals surface area (Å²) < 4.78 is 0. The summed E-state index contributed by atoms with van der Waals surface area (Å²) in [6, 6.07) is 0.834. The molecule has 20 heavy (non-hydrogen) atoms. The van der Waals surface area contributed by atoms with Crippen molar-refractivity contribution in [1.29, 1.82) is 0 Å². The van der Waals surface area contributed by atoms with Crippen molar-refractivity contribution < 1.29 is 0 Å². The van der Waals surface area contributed by atoms with Crippen LogP contribution in [0, 0.1) is 22.2 Å². The molecule has 3 unspecified atom stereocenters. The third kappa shape index (κ3) is 2.34. The molecule has 1 nitrogen and oxygen atoms in total. The van der Waals surface area contributed by atoms with Gasteiger partial charge in [-0.1, -0.05) is 26.7 Å². The zero-order valence-electron chi connectivity index (χ0n) is 13.6. The maximum absolute atomic E-state index is 3.88. The number of hydrogen-bond donors (Lipinski definition) is 1. The van der Waals surface area contributed by atoms with E-state index in [1.807, 2.05) is 0 Å². The van der Waals surface area contributed by atoms with Gasteiger partial charge in [0.15, 0.2) is 0 Å². The Labute approximate surface area is 125 Å². The quantitative estimate of drug-likeness (QED) is 0.755. The summed E-state index contributed by atoms with van der Waals surface area (Å²) in [4.78, 5) is 0. The molecule has 5 aliphatic rings. The highest BCUT2D eigenvalue weighted by Crippen LogP contribution is 2.70. The first-order valence-electron chi connectivity index (χ1n) is 9.22. The Kier molecular flexibility index (Phi) is 3.05. The fourth-order valence-electron chi connectivity index (χ4n) is 7.71. The van der Waals surface area contributed by atoms with E-state index in [0.717, 1.165) is 12.0 Å². The van der Waals surface area contributed by atoms with Gasteiger partial charge in [0.25, 0.3) is 0 Å². The van der Waals surface area contributed by atoms with Crippen LogP contribution in [0.25, 0.3) is 0 Å². The van der Waals surface area contributed by atoms with Crippen molar-refractivity contribution in [3.63, 3.8) is 0 Å². The summed E-state index contributed by atoms with van der Waals surface area (Å²) in [5.74, 6) is 1.06. The topological polar surface area (TPSA) is 12.0 Å². The van der Waals surface area contributed by atoms with Gasteiger partial charge in [-0.3, -0.25) is 0 Å². The van der Waals surface area contributed by atoms with Crippen LogP contribution in [-0.4, -0.2) is 12.6 Å². The van der Waals surface area contributed by atoms with Gasteiger partial charge in [-0.25, -0.2) is 0 Å². The maximum Gasteiger partial charge on any atom is 0.00723 e. The summed E-state index contributed by atoms with van der Waals surface area (Å²) >= 11 is 0. The molecule has 0 radical (unpaired) electrons. The molecule has 1 saturated heterocycles. The van der Waals surface area contributed by atoms with Crippen molar-refractivity contribution in [3.05, 3.63) is 0 Å². The van der Waals surface area contributed by atoms with Crippen molar-refractivity contribution in [2.45, 2.75) is 90.5 Å². The van der Waals surface area contributed by atoms with Crippen molar-refractivity contribution in [2.75, 3.05) is 6.54 Å². The molecule has 3 atom stereocenters. The smallest absolute Gasteiger partial charge is 0.00723 e. The fraction of sp³-hybridized carbons (Fsp3) is 1.00. The Morgan fingerprint density at radius 3 is 2.35 bits per heavy atom. The molecule has 0 spiro atoms. The summed E-state index contributed by atoms with van der Waals surface area (Å²) in [6.07, 6.45) is 16.5. The van der Waals surface area contributed by atoms with Crippen LogP contribution in [0.15, 0.2) is 0 Å². The molecule has 114 valence electrons. The second kappa shape index (κ2) is 4.48. The highest BCUT2D eigenvalue weighted by Gasteiger charge is 2.60. The van der Waals surface area contributed by atoms with E-state index < -0.39 is 0 Å². The van der Waals surface area contributed by atoms with E-state index in [0.29, 0.717) is 16.2 Å². The first kappa shape index (κ1) is 13.6. The van der Waals surface area contributed by atoms with Crippen LogP contribution in [0.2, 0.25) is 0 Å². The largest absolute Gasteiger partial charge is 0.314 e. The molecular formula is C19H33N. The molecule has 0 aromatic rings. The number of rotatable bonds is 2. The van der Waals surface area contributed by atoms with Crippen molar-refractivity contribution in [1.82, 2.24) is 5.32 Å². The van der Waals surface area contributed by atoms with Gasteiger partial charge >= 0.3 is 0 Å². The first-order valence-corrected chi connectivity index (χ1v) is 9.22. The molecule has 0 amide bonds. The van der Waals surface area contributed by atoms with Gasteiger partial charge in [-0.2, -0.15) is 0 Å². The Bertz CT molecular complexity index is 361.